The molecule has 34 heavy (non-hydrogen) atoms. The van der Waals surface area contributed by atoms with Crippen molar-refractivity contribution >= 4 is 11.6 Å². The molecule has 0 saturated heterocycles. The smallest absolute Gasteiger partial charge is 0.323 e. The van der Waals surface area contributed by atoms with E-state index >= 15 is 8.78 Å². The van der Waals surface area contributed by atoms with Crippen LogP contribution in [-0.4, -0.2) is 35.3 Å². The van der Waals surface area contributed by atoms with Gasteiger partial charge in [-0.3, -0.25) is 4.98 Å². The molecule has 1 atom stereocenters. The topological polar surface area (TPSA) is 98.8 Å². The van der Waals surface area contributed by atoms with E-state index in [0.29, 0.717) is 16.8 Å². The maximum absolute atomic E-state index is 15.7. The van der Waals surface area contributed by atoms with Gasteiger partial charge in [0.2, 0.25) is 0 Å². The van der Waals surface area contributed by atoms with Crippen molar-refractivity contribution in [1.29, 1.82) is 0 Å². The van der Waals surface area contributed by atoms with Crippen molar-refractivity contribution in [2.24, 2.45) is 0 Å². The van der Waals surface area contributed by atoms with Crippen LogP contribution < -0.4 is 4.74 Å². The first kappa shape index (κ1) is 23.5. The first-order valence-corrected chi connectivity index (χ1v) is 10.0. The fourth-order valence-electron chi connectivity index (χ4n) is 3.19. The number of aliphatic hydroxyl groups is 1. The molecule has 3 aromatic heterocycles. The Bertz CT molecular complexity index is 1260. The predicted molar refractivity (Wildman–Crippen MR) is 110 cm³/mol. The molecule has 1 aromatic carbocycles. The standard InChI is InChI=1S/C21H15ClF4N6O2/c22-19-6-1-13(8-28-19)10-34-15-3-5-18(27-9-15)21(25,26)20(33,11-32-12-29-30-31-32)16-4-2-14(23)7-17(16)24/h1-9,12,33H,10-11H2. The molecule has 0 aliphatic rings. The number of aromatic nitrogens is 6. The summed E-state index contributed by atoms with van der Waals surface area (Å²) in [5, 5.41) is 21.6. The Hall–Kier alpha value is -3.64. The van der Waals surface area contributed by atoms with Gasteiger partial charge >= 0.3 is 5.92 Å². The molecule has 13 heteroatoms. The third kappa shape index (κ3) is 4.68. The molecule has 0 saturated carbocycles. The molecule has 1 unspecified atom stereocenters. The van der Waals surface area contributed by atoms with E-state index < -0.39 is 41.0 Å². The maximum atomic E-state index is 15.7. The zero-order valence-corrected chi connectivity index (χ0v) is 17.9. The summed E-state index contributed by atoms with van der Waals surface area (Å²) in [4.78, 5) is 7.63. The van der Waals surface area contributed by atoms with Gasteiger partial charge in [0.25, 0.3) is 0 Å². The molecule has 8 nitrogen and oxygen atoms in total. The van der Waals surface area contributed by atoms with E-state index in [9.17, 15) is 13.9 Å². The van der Waals surface area contributed by atoms with Gasteiger partial charge in [0, 0.05) is 23.4 Å². The minimum absolute atomic E-state index is 0.0750. The molecule has 4 rings (SSSR count). The lowest BCUT2D eigenvalue weighted by atomic mass is 9.84. The zero-order chi connectivity index (χ0) is 24.3. The number of ether oxygens (including phenoxy) is 1. The molecule has 4 aromatic rings. The average Bonchev–Trinajstić information content (AvgIpc) is 3.31. The Morgan fingerprint density at radius 3 is 2.47 bits per heavy atom. The van der Waals surface area contributed by atoms with E-state index in [1.165, 1.54) is 12.3 Å². The number of tetrazole rings is 1. The number of halogens is 5. The highest BCUT2D eigenvalue weighted by molar-refractivity contribution is 6.29. The van der Waals surface area contributed by atoms with Crippen LogP contribution in [0.3, 0.4) is 0 Å². The molecule has 0 amide bonds. The number of hydrogen-bond acceptors (Lipinski definition) is 7. The van der Waals surface area contributed by atoms with Gasteiger partial charge in [0.1, 0.15) is 41.2 Å². The normalized spacial score (nSPS) is 13.5. The summed E-state index contributed by atoms with van der Waals surface area (Å²) in [6, 6.07) is 7.30. The van der Waals surface area contributed by atoms with Gasteiger partial charge in [-0.25, -0.2) is 18.4 Å². The summed E-state index contributed by atoms with van der Waals surface area (Å²) in [6.45, 7) is -0.870. The molecule has 0 aliphatic carbocycles. The van der Waals surface area contributed by atoms with E-state index in [-0.39, 0.29) is 12.4 Å². The summed E-state index contributed by atoms with van der Waals surface area (Å²) in [6.07, 6.45) is 3.50. The number of nitrogens with zero attached hydrogens (tertiary/aromatic N) is 6. The summed E-state index contributed by atoms with van der Waals surface area (Å²) in [5.41, 5.74) is -4.27. The van der Waals surface area contributed by atoms with Crippen LogP contribution in [0.1, 0.15) is 16.8 Å². The van der Waals surface area contributed by atoms with Crippen molar-refractivity contribution in [3.63, 3.8) is 0 Å². The molecule has 176 valence electrons. The second kappa shape index (κ2) is 9.31. The summed E-state index contributed by atoms with van der Waals surface area (Å²) in [5.74, 6) is -6.36. The molecular weight excluding hydrogens is 480 g/mol. The fourth-order valence-corrected chi connectivity index (χ4v) is 3.30. The number of pyridine rings is 2. The first-order valence-electron chi connectivity index (χ1n) is 9.65. The highest BCUT2D eigenvalue weighted by atomic mass is 35.5. The van der Waals surface area contributed by atoms with Crippen LogP contribution >= 0.6 is 11.6 Å². The lowest BCUT2D eigenvalue weighted by Crippen LogP contribution is -2.48. The van der Waals surface area contributed by atoms with Crippen LogP contribution in [0.25, 0.3) is 0 Å². The maximum Gasteiger partial charge on any atom is 0.323 e. The molecule has 1 N–H and O–H groups in total. The molecule has 0 radical (unpaired) electrons. The second-order valence-electron chi connectivity index (χ2n) is 7.22. The second-order valence-corrected chi connectivity index (χ2v) is 7.61. The predicted octanol–water partition coefficient (Wildman–Crippen LogP) is 3.65. The van der Waals surface area contributed by atoms with Crippen LogP contribution in [0.5, 0.6) is 5.75 Å². The molecular formula is C21H15ClF4N6O2. The highest BCUT2D eigenvalue weighted by Crippen LogP contribution is 2.46. The number of hydrogen-bond donors (Lipinski definition) is 1. The quantitative estimate of drug-likeness (QED) is 0.295. The lowest BCUT2D eigenvalue weighted by Gasteiger charge is -2.35. The van der Waals surface area contributed by atoms with E-state index in [1.54, 1.807) is 12.1 Å². The van der Waals surface area contributed by atoms with E-state index in [4.69, 9.17) is 16.3 Å². The summed E-state index contributed by atoms with van der Waals surface area (Å²) >= 11 is 5.72. The Morgan fingerprint density at radius 2 is 1.85 bits per heavy atom. The van der Waals surface area contributed by atoms with Gasteiger partial charge in [0.05, 0.1) is 12.7 Å². The van der Waals surface area contributed by atoms with E-state index in [0.717, 1.165) is 35.4 Å². The van der Waals surface area contributed by atoms with E-state index in [2.05, 4.69) is 25.5 Å². The molecule has 0 bridgehead atoms. The molecule has 0 aliphatic heterocycles. The van der Waals surface area contributed by atoms with Crippen molar-refractivity contribution in [3.05, 3.63) is 94.8 Å². The van der Waals surface area contributed by atoms with Crippen LogP contribution in [0.2, 0.25) is 5.15 Å². The van der Waals surface area contributed by atoms with Gasteiger partial charge in [-0.2, -0.15) is 8.78 Å². The lowest BCUT2D eigenvalue weighted by molar-refractivity contribution is -0.207. The third-order valence-corrected chi connectivity index (χ3v) is 5.15. The van der Waals surface area contributed by atoms with E-state index in [1.807, 2.05) is 0 Å². The van der Waals surface area contributed by atoms with Gasteiger partial charge in [-0.1, -0.05) is 17.7 Å². The summed E-state index contributed by atoms with van der Waals surface area (Å²) < 4.78 is 65.6. The largest absolute Gasteiger partial charge is 0.487 e. The number of benzene rings is 1. The van der Waals surface area contributed by atoms with Gasteiger partial charge < -0.3 is 9.84 Å². The fraction of sp³-hybridized carbons (Fsp3) is 0.190. The minimum Gasteiger partial charge on any atom is -0.487 e. The molecule has 3 heterocycles. The number of rotatable bonds is 8. The van der Waals surface area contributed by atoms with Crippen molar-refractivity contribution < 1.29 is 27.4 Å². The van der Waals surface area contributed by atoms with Crippen molar-refractivity contribution in [2.45, 2.75) is 24.7 Å². The Balaban J connectivity index is 1.63. The van der Waals surface area contributed by atoms with Crippen molar-refractivity contribution in [2.75, 3.05) is 0 Å². The SMILES string of the molecule is OC(Cn1cnnn1)(c1ccc(F)cc1F)C(F)(F)c1ccc(OCc2ccc(Cl)nc2)cn1. The van der Waals surface area contributed by atoms with Crippen molar-refractivity contribution in [3.8, 4) is 5.75 Å². The van der Waals surface area contributed by atoms with Crippen LogP contribution in [0.4, 0.5) is 17.6 Å². The average molecular weight is 495 g/mol. The van der Waals surface area contributed by atoms with Crippen LogP contribution in [-0.2, 0) is 24.7 Å². The minimum atomic E-state index is -4.16. The monoisotopic (exact) mass is 494 g/mol. The van der Waals surface area contributed by atoms with Crippen LogP contribution in [0, 0.1) is 11.6 Å². The first-order chi connectivity index (χ1) is 16.2. The van der Waals surface area contributed by atoms with Gasteiger partial charge in [0.15, 0.2) is 5.60 Å². The molecule has 0 fully saturated rings. The Labute approximate surface area is 194 Å². The summed E-state index contributed by atoms with van der Waals surface area (Å²) in [7, 11) is 0. The Morgan fingerprint density at radius 1 is 1.03 bits per heavy atom. The highest BCUT2D eigenvalue weighted by Gasteiger charge is 2.58. The molecule has 0 spiro atoms. The van der Waals surface area contributed by atoms with Crippen LogP contribution in [0.15, 0.2) is 61.2 Å². The third-order valence-electron chi connectivity index (χ3n) is 4.93. The Kier molecular flexibility index (Phi) is 6.44. The van der Waals surface area contributed by atoms with Gasteiger partial charge in [-0.05, 0) is 40.8 Å². The van der Waals surface area contributed by atoms with Gasteiger partial charge in [-0.15, -0.1) is 5.10 Å². The van der Waals surface area contributed by atoms with Crippen molar-refractivity contribution in [1.82, 2.24) is 30.2 Å². The zero-order valence-electron chi connectivity index (χ0n) is 17.1. The number of alkyl halides is 2.